The fraction of sp³-hybridized carbons (Fsp3) is 0.154. The molecular weight excluding hydrogens is 234 g/mol. The van der Waals surface area contributed by atoms with E-state index in [9.17, 15) is 0 Å². The van der Waals surface area contributed by atoms with Crippen LogP contribution in [0.2, 0.25) is 5.15 Å². The van der Waals surface area contributed by atoms with Crippen LogP contribution >= 0.6 is 11.6 Å². The van der Waals surface area contributed by atoms with Gasteiger partial charge in [-0.1, -0.05) is 23.7 Å². The molecular formula is C13H14ClN3. The molecule has 0 radical (unpaired) electrons. The summed E-state index contributed by atoms with van der Waals surface area (Å²) in [5, 5.41) is 0.402. The van der Waals surface area contributed by atoms with Crippen LogP contribution in [0.3, 0.4) is 0 Å². The molecule has 3 nitrogen and oxygen atoms in total. The van der Waals surface area contributed by atoms with E-state index in [0.717, 1.165) is 11.5 Å². The van der Waals surface area contributed by atoms with Gasteiger partial charge in [0.2, 0.25) is 0 Å². The Hall–Kier alpha value is -1.74. The second-order valence-electron chi connectivity index (χ2n) is 3.98. The Bertz CT molecular complexity index is 520. The zero-order valence-corrected chi connectivity index (χ0v) is 10.6. The lowest BCUT2D eigenvalue weighted by atomic mass is 10.2. The molecule has 0 amide bonds. The number of anilines is 3. The molecule has 0 bridgehead atoms. The number of aryl methyl sites for hydroxylation is 1. The maximum Gasteiger partial charge on any atom is 0.136 e. The van der Waals surface area contributed by atoms with Gasteiger partial charge in [-0.15, -0.1) is 0 Å². The van der Waals surface area contributed by atoms with E-state index in [4.69, 9.17) is 17.3 Å². The lowest BCUT2D eigenvalue weighted by Crippen LogP contribution is -2.11. The Balaban J connectivity index is 2.39. The summed E-state index contributed by atoms with van der Waals surface area (Å²) < 4.78 is 0. The lowest BCUT2D eigenvalue weighted by molar-refractivity contribution is 1.13. The molecule has 0 aliphatic carbocycles. The number of nitrogens with two attached hydrogens (primary N) is 1. The SMILES string of the molecule is Cc1cccc(N(C)c2cc(N)cc(Cl)n2)c1. The van der Waals surface area contributed by atoms with E-state index in [-0.39, 0.29) is 0 Å². The average molecular weight is 248 g/mol. The van der Waals surface area contributed by atoms with Crippen molar-refractivity contribution in [2.45, 2.75) is 6.92 Å². The summed E-state index contributed by atoms with van der Waals surface area (Å²) in [7, 11) is 1.94. The third-order valence-electron chi connectivity index (χ3n) is 2.54. The van der Waals surface area contributed by atoms with Crippen LogP contribution in [0.25, 0.3) is 0 Å². The predicted molar refractivity (Wildman–Crippen MR) is 72.9 cm³/mol. The summed E-state index contributed by atoms with van der Waals surface area (Å²) in [6, 6.07) is 11.6. The Morgan fingerprint density at radius 1 is 1.24 bits per heavy atom. The van der Waals surface area contributed by atoms with Gasteiger partial charge in [0.25, 0.3) is 0 Å². The highest BCUT2D eigenvalue weighted by Gasteiger charge is 2.07. The molecule has 4 heteroatoms. The van der Waals surface area contributed by atoms with Gasteiger partial charge in [0, 0.05) is 24.5 Å². The molecule has 0 fully saturated rings. The number of pyridine rings is 1. The zero-order valence-electron chi connectivity index (χ0n) is 9.81. The average Bonchev–Trinajstić information content (AvgIpc) is 2.26. The number of benzene rings is 1. The number of nitrogens with zero attached hydrogens (tertiary/aromatic N) is 2. The number of hydrogen-bond donors (Lipinski definition) is 1. The summed E-state index contributed by atoms with van der Waals surface area (Å²) in [6.07, 6.45) is 0. The highest BCUT2D eigenvalue weighted by Crippen LogP contribution is 2.25. The maximum atomic E-state index is 5.90. The molecule has 0 saturated carbocycles. The summed E-state index contributed by atoms with van der Waals surface area (Å²) in [4.78, 5) is 6.20. The van der Waals surface area contributed by atoms with Gasteiger partial charge in [-0.05, 0) is 30.7 Å². The first-order chi connectivity index (χ1) is 8.06. The number of rotatable bonds is 2. The lowest BCUT2D eigenvalue weighted by Gasteiger charge is -2.19. The standard InChI is InChI=1S/C13H14ClN3/c1-9-4-3-5-11(6-9)17(2)13-8-10(15)7-12(14)16-13/h3-8H,1-2H3,(H2,15,16). The third-order valence-corrected chi connectivity index (χ3v) is 2.73. The Kier molecular flexibility index (Phi) is 3.20. The summed E-state index contributed by atoms with van der Waals surface area (Å²) in [6.45, 7) is 2.05. The third kappa shape index (κ3) is 2.68. The molecule has 0 unspecified atom stereocenters. The molecule has 0 spiro atoms. The minimum Gasteiger partial charge on any atom is -0.399 e. The largest absolute Gasteiger partial charge is 0.399 e. The minimum absolute atomic E-state index is 0.402. The van der Waals surface area contributed by atoms with Crippen molar-refractivity contribution in [3.8, 4) is 0 Å². The van der Waals surface area contributed by atoms with Gasteiger partial charge >= 0.3 is 0 Å². The maximum absolute atomic E-state index is 5.90. The van der Waals surface area contributed by atoms with Crippen LogP contribution in [-0.2, 0) is 0 Å². The van der Waals surface area contributed by atoms with Crippen molar-refractivity contribution in [3.63, 3.8) is 0 Å². The first-order valence-corrected chi connectivity index (χ1v) is 5.67. The Morgan fingerprint density at radius 3 is 2.65 bits per heavy atom. The first kappa shape index (κ1) is 11.7. The van der Waals surface area contributed by atoms with Crippen molar-refractivity contribution < 1.29 is 0 Å². The second kappa shape index (κ2) is 4.63. The second-order valence-corrected chi connectivity index (χ2v) is 4.37. The molecule has 88 valence electrons. The Labute approximate surface area is 106 Å². The fourth-order valence-corrected chi connectivity index (χ4v) is 1.86. The number of aromatic nitrogens is 1. The topological polar surface area (TPSA) is 42.1 Å². The van der Waals surface area contributed by atoms with Gasteiger partial charge in [-0.3, -0.25) is 0 Å². The van der Waals surface area contributed by atoms with Crippen LogP contribution in [0.1, 0.15) is 5.56 Å². The summed E-state index contributed by atoms with van der Waals surface area (Å²) >= 11 is 5.90. The van der Waals surface area contributed by atoms with E-state index in [1.54, 1.807) is 12.1 Å². The molecule has 0 atom stereocenters. The molecule has 0 saturated heterocycles. The van der Waals surface area contributed by atoms with Crippen LogP contribution < -0.4 is 10.6 Å². The molecule has 2 aromatic rings. The predicted octanol–water partition coefficient (Wildman–Crippen LogP) is 3.39. The normalized spacial score (nSPS) is 10.3. The van der Waals surface area contributed by atoms with E-state index in [1.165, 1.54) is 5.56 Å². The van der Waals surface area contributed by atoms with E-state index in [0.29, 0.717) is 10.8 Å². The zero-order chi connectivity index (χ0) is 12.4. The van der Waals surface area contributed by atoms with Gasteiger partial charge in [0.15, 0.2) is 0 Å². The molecule has 1 heterocycles. The van der Waals surface area contributed by atoms with Crippen molar-refractivity contribution in [1.82, 2.24) is 4.98 Å². The van der Waals surface area contributed by atoms with Crippen molar-refractivity contribution in [1.29, 1.82) is 0 Å². The highest BCUT2D eigenvalue weighted by atomic mass is 35.5. The number of halogens is 1. The van der Waals surface area contributed by atoms with Gasteiger partial charge in [-0.2, -0.15) is 0 Å². The van der Waals surface area contributed by atoms with Crippen molar-refractivity contribution in [3.05, 3.63) is 47.1 Å². The fourth-order valence-electron chi connectivity index (χ4n) is 1.64. The van der Waals surface area contributed by atoms with Gasteiger partial charge in [0.05, 0.1) is 0 Å². The van der Waals surface area contributed by atoms with Crippen LogP contribution in [-0.4, -0.2) is 12.0 Å². The number of hydrogen-bond acceptors (Lipinski definition) is 3. The monoisotopic (exact) mass is 247 g/mol. The molecule has 0 aliphatic rings. The van der Waals surface area contributed by atoms with Crippen LogP contribution in [0.15, 0.2) is 36.4 Å². The van der Waals surface area contributed by atoms with E-state index < -0.39 is 0 Å². The summed E-state index contributed by atoms with van der Waals surface area (Å²) in [5.41, 5.74) is 8.62. The van der Waals surface area contributed by atoms with E-state index in [2.05, 4.69) is 24.0 Å². The van der Waals surface area contributed by atoms with E-state index in [1.807, 2.05) is 24.1 Å². The molecule has 0 aliphatic heterocycles. The minimum atomic E-state index is 0.402. The van der Waals surface area contributed by atoms with E-state index >= 15 is 0 Å². The highest BCUT2D eigenvalue weighted by molar-refractivity contribution is 6.29. The Morgan fingerprint density at radius 2 is 2.00 bits per heavy atom. The van der Waals surface area contributed by atoms with Crippen molar-refractivity contribution in [2.75, 3.05) is 17.7 Å². The molecule has 2 rings (SSSR count). The smallest absolute Gasteiger partial charge is 0.136 e. The molecule has 1 aromatic heterocycles. The number of nitrogen functional groups attached to an aromatic ring is 1. The van der Waals surface area contributed by atoms with Crippen LogP contribution in [0.5, 0.6) is 0 Å². The van der Waals surface area contributed by atoms with Crippen LogP contribution in [0, 0.1) is 6.92 Å². The quantitative estimate of drug-likeness (QED) is 0.827. The van der Waals surface area contributed by atoms with Gasteiger partial charge in [0.1, 0.15) is 11.0 Å². The molecule has 2 N–H and O–H groups in total. The summed E-state index contributed by atoms with van der Waals surface area (Å²) in [5.74, 6) is 0.737. The van der Waals surface area contributed by atoms with Gasteiger partial charge in [-0.25, -0.2) is 4.98 Å². The van der Waals surface area contributed by atoms with Crippen LogP contribution in [0.4, 0.5) is 17.2 Å². The first-order valence-electron chi connectivity index (χ1n) is 5.30. The van der Waals surface area contributed by atoms with Gasteiger partial charge < -0.3 is 10.6 Å². The van der Waals surface area contributed by atoms with Crippen molar-refractivity contribution >= 4 is 28.8 Å². The molecule has 1 aromatic carbocycles. The molecule has 17 heavy (non-hydrogen) atoms. The van der Waals surface area contributed by atoms with Crippen molar-refractivity contribution in [2.24, 2.45) is 0 Å².